The van der Waals surface area contributed by atoms with Crippen LogP contribution in [0.3, 0.4) is 0 Å². The van der Waals surface area contributed by atoms with Gasteiger partial charge in [0.05, 0.1) is 25.9 Å². The molecule has 0 radical (unpaired) electrons. The fourth-order valence-electron chi connectivity index (χ4n) is 1.61. The molecule has 98 valence electrons. The molecule has 1 amide bonds. The molecule has 0 unspecified atom stereocenters. The third-order valence-corrected chi connectivity index (χ3v) is 2.60. The summed E-state index contributed by atoms with van der Waals surface area (Å²) in [6.07, 6.45) is 3.03. The number of para-hydroxylation sites is 1. The zero-order valence-corrected chi connectivity index (χ0v) is 11.0. The number of carbonyl (C=O) groups excluding carboxylic acids is 1. The number of hydrogen-bond acceptors (Lipinski definition) is 4. The summed E-state index contributed by atoms with van der Waals surface area (Å²) in [6.45, 7) is 0. The predicted octanol–water partition coefficient (Wildman–Crippen LogP) is 2.32. The van der Waals surface area contributed by atoms with Crippen molar-refractivity contribution >= 4 is 23.3 Å². The third kappa shape index (κ3) is 3.66. The van der Waals surface area contributed by atoms with Crippen molar-refractivity contribution in [2.24, 2.45) is 0 Å². The number of amides is 1. The average molecular weight is 278 g/mol. The number of hydrogen-bond donors (Lipinski definition) is 1. The number of benzene rings is 1. The van der Waals surface area contributed by atoms with Gasteiger partial charge in [-0.3, -0.25) is 9.78 Å². The largest absolute Gasteiger partial charge is 0.496 e. The van der Waals surface area contributed by atoms with Gasteiger partial charge in [-0.15, -0.1) is 0 Å². The van der Waals surface area contributed by atoms with Gasteiger partial charge in [0.15, 0.2) is 5.82 Å². The Morgan fingerprint density at radius 1 is 1.37 bits per heavy atom. The zero-order chi connectivity index (χ0) is 13.7. The number of aromatic nitrogens is 2. The van der Waals surface area contributed by atoms with E-state index in [1.807, 2.05) is 24.3 Å². The second-order valence-corrected chi connectivity index (χ2v) is 4.15. The van der Waals surface area contributed by atoms with E-state index in [0.29, 0.717) is 11.6 Å². The number of carbonyl (C=O) groups is 1. The number of rotatable bonds is 4. The minimum absolute atomic E-state index is 0.193. The number of nitrogens with one attached hydrogen (secondary N) is 1. The normalized spacial score (nSPS) is 10.0. The first-order valence-corrected chi connectivity index (χ1v) is 5.96. The quantitative estimate of drug-likeness (QED) is 0.931. The fourth-order valence-corrected chi connectivity index (χ4v) is 1.76. The first-order chi connectivity index (χ1) is 9.19. The monoisotopic (exact) mass is 277 g/mol. The van der Waals surface area contributed by atoms with Crippen LogP contribution >= 0.6 is 11.6 Å². The maximum atomic E-state index is 11.9. The summed E-state index contributed by atoms with van der Waals surface area (Å²) in [5.74, 6) is 0.795. The number of nitrogens with zero attached hydrogens (tertiary/aromatic N) is 2. The van der Waals surface area contributed by atoms with Crippen LogP contribution in [0.1, 0.15) is 5.56 Å². The Hall–Kier alpha value is -2.14. The van der Waals surface area contributed by atoms with Gasteiger partial charge in [0.1, 0.15) is 10.9 Å². The van der Waals surface area contributed by atoms with Crippen molar-refractivity contribution in [3.8, 4) is 5.75 Å². The summed E-state index contributed by atoms with van der Waals surface area (Å²) in [4.78, 5) is 19.7. The Balaban J connectivity index is 2.05. The highest BCUT2D eigenvalue weighted by atomic mass is 35.5. The lowest BCUT2D eigenvalue weighted by atomic mass is 10.1. The van der Waals surface area contributed by atoms with E-state index in [4.69, 9.17) is 16.3 Å². The van der Waals surface area contributed by atoms with E-state index in [0.717, 1.165) is 5.56 Å². The second kappa shape index (κ2) is 6.15. The van der Waals surface area contributed by atoms with Gasteiger partial charge in [0.2, 0.25) is 5.91 Å². The number of anilines is 1. The molecule has 1 heterocycles. The van der Waals surface area contributed by atoms with Crippen LogP contribution in [-0.4, -0.2) is 23.0 Å². The van der Waals surface area contributed by atoms with Crippen LogP contribution < -0.4 is 10.1 Å². The molecule has 0 spiro atoms. The minimum atomic E-state index is -0.207. The standard InChI is InChI=1S/C13H12ClN3O2/c1-19-10-5-3-2-4-9(10)6-13(18)17-12-8-15-7-11(14)16-12/h2-5,7-8H,6H2,1H3,(H,16,17,18). The highest BCUT2D eigenvalue weighted by molar-refractivity contribution is 6.29. The molecule has 0 atom stereocenters. The molecule has 0 aliphatic heterocycles. The van der Waals surface area contributed by atoms with Gasteiger partial charge < -0.3 is 10.1 Å². The molecule has 0 aliphatic carbocycles. The fraction of sp³-hybridized carbons (Fsp3) is 0.154. The Kier molecular flexibility index (Phi) is 4.30. The Bertz CT molecular complexity index is 590. The Morgan fingerprint density at radius 2 is 2.16 bits per heavy atom. The molecule has 1 N–H and O–H groups in total. The topological polar surface area (TPSA) is 64.1 Å². The second-order valence-electron chi connectivity index (χ2n) is 3.76. The maximum Gasteiger partial charge on any atom is 0.230 e. The van der Waals surface area contributed by atoms with Crippen LogP contribution in [0.25, 0.3) is 0 Å². The molecule has 19 heavy (non-hydrogen) atoms. The van der Waals surface area contributed by atoms with Gasteiger partial charge in [0, 0.05) is 5.56 Å². The SMILES string of the molecule is COc1ccccc1CC(=O)Nc1cncc(Cl)n1. The summed E-state index contributed by atoms with van der Waals surface area (Å²) < 4.78 is 5.19. The number of ether oxygens (including phenoxy) is 1. The van der Waals surface area contributed by atoms with Crippen molar-refractivity contribution in [1.29, 1.82) is 0 Å². The van der Waals surface area contributed by atoms with Gasteiger partial charge in [-0.1, -0.05) is 29.8 Å². The van der Waals surface area contributed by atoms with Crippen LogP contribution in [0.2, 0.25) is 5.15 Å². The highest BCUT2D eigenvalue weighted by Gasteiger charge is 2.09. The number of methoxy groups -OCH3 is 1. The van der Waals surface area contributed by atoms with Crippen molar-refractivity contribution in [3.63, 3.8) is 0 Å². The minimum Gasteiger partial charge on any atom is -0.496 e. The predicted molar refractivity (Wildman–Crippen MR) is 72.4 cm³/mol. The van der Waals surface area contributed by atoms with Crippen LogP contribution in [0.5, 0.6) is 5.75 Å². The van der Waals surface area contributed by atoms with E-state index in [2.05, 4.69) is 15.3 Å². The van der Waals surface area contributed by atoms with Gasteiger partial charge in [0.25, 0.3) is 0 Å². The molecule has 1 aromatic carbocycles. The van der Waals surface area contributed by atoms with E-state index < -0.39 is 0 Å². The van der Waals surface area contributed by atoms with E-state index in [1.165, 1.54) is 12.4 Å². The van der Waals surface area contributed by atoms with E-state index >= 15 is 0 Å². The van der Waals surface area contributed by atoms with E-state index in [9.17, 15) is 4.79 Å². The Labute approximate surface area is 115 Å². The molecule has 5 nitrogen and oxygen atoms in total. The highest BCUT2D eigenvalue weighted by Crippen LogP contribution is 2.18. The van der Waals surface area contributed by atoms with Crippen LogP contribution in [0.15, 0.2) is 36.7 Å². The van der Waals surface area contributed by atoms with Gasteiger partial charge >= 0.3 is 0 Å². The summed E-state index contributed by atoms with van der Waals surface area (Å²) >= 11 is 5.69. The maximum absolute atomic E-state index is 11.9. The molecule has 6 heteroatoms. The van der Waals surface area contributed by atoms with Crippen molar-refractivity contribution in [1.82, 2.24) is 9.97 Å². The molecule has 0 saturated carbocycles. The first kappa shape index (κ1) is 13.3. The van der Waals surface area contributed by atoms with Crippen LogP contribution in [0.4, 0.5) is 5.82 Å². The lowest BCUT2D eigenvalue weighted by molar-refractivity contribution is -0.115. The van der Waals surface area contributed by atoms with Crippen LogP contribution in [0, 0.1) is 0 Å². The molecular formula is C13H12ClN3O2. The third-order valence-electron chi connectivity index (χ3n) is 2.42. The molecule has 0 fully saturated rings. The molecular weight excluding hydrogens is 266 g/mol. The lowest BCUT2D eigenvalue weighted by Gasteiger charge is -2.08. The summed E-state index contributed by atoms with van der Waals surface area (Å²) in [6, 6.07) is 7.34. The summed E-state index contributed by atoms with van der Waals surface area (Å²) in [5, 5.41) is 2.86. The smallest absolute Gasteiger partial charge is 0.230 e. The zero-order valence-electron chi connectivity index (χ0n) is 10.3. The summed E-state index contributed by atoms with van der Waals surface area (Å²) in [5.41, 5.74) is 0.803. The molecule has 2 aromatic rings. The van der Waals surface area contributed by atoms with Gasteiger partial charge in [-0.2, -0.15) is 0 Å². The molecule has 0 saturated heterocycles. The van der Waals surface area contributed by atoms with Crippen molar-refractivity contribution in [2.45, 2.75) is 6.42 Å². The van der Waals surface area contributed by atoms with Gasteiger partial charge in [-0.25, -0.2) is 4.98 Å². The van der Waals surface area contributed by atoms with Gasteiger partial charge in [-0.05, 0) is 6.07 Å². The number of halogens is 1. The Morgan fingerprint density at radius 3 is 2.89 bits per heavy atom. The van der Waals surface area contributed by atoms with Crippen molar-refractivity contribution in [2.75, 3.05) is 12.4 Å². The first-order valence-electron chi connectivity index (χ1n) is 5.58. The molecule has 0 aliphatic rings. The van der Waals surface area contributed by atoms with Crippen molar-refractivity contribution in [3.05, 3.63) is 47.4 Å². The average Bonchev–Trinajstić information content (AvgIpc) is 2.39. The lowest BCUT2D eigenvalue weighted by Crippen LogP contribution is -2.16. The van der Waals surface area contributed by atoms with Crippen LogP contribution in [-0.2, 0) is 11.2 Å². The van der Waals surface area contributed by atoms with E-state index in [1.54, 1.807) is 7.11 Å². The van der Waals surface area contributed by atoms with Crippen molar-refractivity contribution < 1.29 is 9.53 Å². The molecule has 2 rings (SSSR count). The molecule has 1 aromatic heterocycles. The molecule has 0 bridgehead atoms. The summed E-state index contributed by atoms with van der Waals surface area (Å²) in [7, 11) is 1.57. The van der Waals surface area contributed by atoms with E-state index in [-0.39, 0.29) is 17.5 Å².